The maximum atomic E-state index is 12.7. The number of aryl methyl sites for hydroxylation is 3. The van der Waals surface area contributed by atoms with Gasteiger partial charge in [0.1, 0.15) is 5.75 Å². The predicted molar refractivity (Wildman–Crippen MR) is 91.1 cm³/mol. The minimum atomic E-state index is 0. The van der Waals surface area contributed by atoms with E-state index < -0.39 is 0 Å². The van der Waals surface area contributed by atoms with Crippen molar-refractivity contribution < 1.29 is 33.1 Å². The summed E-state index contributed by atoms with van der Waals surface area (Å²) in [6, 6.07) is 9.59. The summed E-state index contributed by atoms with van der Waals surface area (Å²) < 4.78 is 10.5. The fourth-order valence-corrected chi connectivity index (χ4v) is 3.66. The summed E-state index contributed by atoms with van der Waals surface area (Å²) in [4.78, 5) is 12.7. The molecule has 0 fully saturated rings. The van der Waals surface area contributed by atoms with E-state index >= 15 is 0 Å². The third kappa shape index (κ3) is 4.61. The molecule has 0 radical (unpaired) electrons. The second-order valence-electron chi connectivity index (χ2n) is 5.23. The molecule has 0 unspecified atom stereocenters. The molecule has 0 bridgehead atoms. The number of hydrogen-bond donors (Lipinski definition) is 0. The van der Waals surface area contributed by atoms with Gasteiger partial charge in [-0.1, -0.05) is 23.8 Å². The van der Waals surface area contributed by atoms with E-state index in [1.54, 1.807) is 20.3 Å². The number of methoxy groups -OCH3 is 2. The zero-order valence-corrected chi connectivity index (χ0v) is 15.5. The number of carbonyl (C=O) groups is 1. The van der Waals surface area contributed by atoms with Crippen molar-refractivity contribution in [2.45, 2.75) is 20.8 Å². The van der Waals surface area contributed by atoms with Crippen LogP contribution in [0.4, 0.5) is 0 Å². The van der Waals surface area contributed by atoms with Gasteiger partial charge >= 0.3 is 18.9 Å². The summed E-state index contributed by atoms with van der Waals surface area (Å²) in [5.41, 5.74) is 4.08. The Morgan fingerprint density at radius 3 is 2.09 bits per heavy atom. The van der Waals surface area contributed by atoms with Crippen LogP contribution in [0.25, 0.3) is 0 Å². The molecule has 0 aliphatic heterocycles. The first kappa shape index (κ1) is 19.8. The van der Waals surface area contributed by atoms with Crippen molar-refractivity contribution in [1.29, 1.82) is 0 Å². The Bertz CT molecular complexity index is 690. The maximum absolute atomic E-state index is 12.7. The number of benzene rings is 2. The molecule has 2 aromatic carbocycles. The topological polar surface area (TPSA) is 35.5 Å². The number of carbonyl (C=O) groups excluding carboxylic acids is 1. The van der Waals surface area contributed by atoms with Gasteiger partial charge in [0, 0.05) is 11.6 Å². The molecule has 0 saturated heterocycles. The minimum absolute atomic E-state index is 0. The molecule has 0 N–H and O–H groups in total. The van der Waals surface area contributed by atoms with Gasteiger partial charge in [0.05, 0.1) is 20.0 Å². The van der Waals surface area contributed by atoms with E-state index in [-0.39, 0.29) is 24.4 Å². The Labute approximate surface area is 151 Å². The summed E-state index contributed by atoms with van der Waals surface area (Å²) >= 11 is 0. The van der Waals surface area contributed by atoms with E-state index in [0.717, 1.165) is 22.0 Å². The van der Waals surface area contributed by atoms with Gasteiger partial charge in [-0.3, -0.25) is 0 Å². The summed E-state index contributed by atoms with van der Waals surface area (Å²) in [5.74, 6) is 1.38. The molecular formula is C18H20LiO3P. The monoisotopic (exact) mass is 322 g/mol. The maximum Gasteiger partial charge on any atom is 1.00 e. The van der Waals surface area contributed by atoms with E-state index in [0.29, 0.717) is 20.1 Å². The van der Waals surface area contributed by atoms with Gasteiger partial charge in [-0.2, -0.15) is 5.30 Å². The molecule has 116 valence electrons. The van der Waals surface area contributed by atoms with E-state index in [4.69, 9.17) is 9.47 Å². The van der Waals surface area contributed by atoms with Gasteiger partial charge in [0.15, 0.2) is 0 Å². The molecule has 0 saturated carbocycles. The molecule has 3 nitrogen and oxygen atoms in total. The van der Waals surface area contributed by atoms with Crippen LogP contribution in [0.1, 0.15) is 27.0 Å². The molecule has 0 aromatic heterocycles. The normalized spacial score (nSPS) is 10.5. The van der Waals surface area contributed by atoms with Gasteiger partial charge in [-0.05, 0) is 43.5 Å². The SMILES string of the molecule is COc1ccc([P-]C(=O)c2c(C)cc(C)cc2C)c(OC)c1.[Li+]. The van der Waals surface area contributed by atoms with Gasteiger partial charge in [0.25, 0.3) is 0 Å². The van der Waals surface area contributed by atoms with Gasteiger partial charge in [-0.25, -0.2) is 0 Å². The number of hydrogen-bond acceptors (Lipinski definition) is 3. The second-order valence-corrected chi connectivity index (χ2v) is 6.34. The zero-order valence-electron chi connectivity index (χ0n) is 14.6. The Kier molecular flexibility index (Phi) is 7.35. The van der Waals surface area contributed by atoms with E-state index in [2.05, 4.69) is 0 Å². The smallest absolute Gasteiger partial charge is 0.499 e. The van der Waals surface area contributed by atoms with Gasteiger partial charge < -0.3 is 22.8 Å². The van der Waals surface area contributed by atoms with Crippen LogP contribution in [0.15, 0.2) is 30.3 Å². The quantitative estimate of drug-likeness (QED) is 0.610. The first-order valence-corrected chi connectivity index (χ1v) is 7.91. The van der Waals surface area contributed by atoms with Crippen LogP contribution in [-0.4, -0.2) is 19.7 Å². The van der Waals surface area contributed by atoms with Crippen LogP contribution in [-0.2, 0) is 0 Å². The van der Waals surface area contributed by atoms with Crippen LogP contribution >= 0.6 is 8.58 Å². The summed E-state index contributed by atoms with van der Waals surface area (Å²) in [6.45, 7) is 6.00. The largest absolute Gasteiger partial charge is 1.00 e. The Balaban J connectivity index is 0.00000264. The van der Waals surface area contributed by atoms with Crippen molar-refractivity contribution in [3.8, 4) is 11.5 Å². The minimum Gasteiger partial charge on any atom is -0.499 e. The molecule has 0 aliphatic carbocycles. The van der Waals surface area contributed by atoms with Crippen molar-refractivity contribution in [3.05, 3.63) is 52.6 Å². The molecular weight excluding hydrogens is 302 g/mol. The number of rotatable bonds is 5. The van der Waals surface area contributed by atoms with Crippen molar-refractivity contribution in [1.82, 2.24) is 0 Å². The first-order chi connectivity index (χ1) is 10.5. The summed E-state index contributed by atoms with van der Waals surface area (Å²) in [6.07, 6.45) is 0. The fraction of sp³-hybridized carbons (Fsp3) is 0.278. The Hall–Kier alpha value is -1.26. The van der Waals surface area contributed by atoms with Crippen molar-refractivity contribution >= 4 is 19.4 Å². The predicted octanol–water partition coefficient (Wildman–Crippen LogP) is 1.04. The van der Waals surface area contributed by atoms with E-state index in [9.17, 15) is 4.79 Å². The Morgan fingerprint density at radius 2 is 1.57 bits per heavy atom. The zero-order chi connectivity index (χ0) is 16.3. The molecule has 2 rings (SSSR count). The molecule has 23 heavy (non-hydrogen) atoms. The van der Waals surface area contributed by atoms with Gasteiger partial charge in [-0.15, -0.1) is 0 Å². The molecule has 0 heterocycles. The van der Waals surface area contributed by atoms with Crippen molar-refractivity contribution in [2.75, 3.05) is 14.2 Å². The first-order valence-electron chi connectivity index (χ1n) is 7.02. The molecule has 0 atom stereocenters. The summed E-state index contributed by atoms with van der Waals surface area (Å²) in [7, 11) is 3.81. The van der Waals surface area contributed by atoms with Crippen LogP contribution in [0.5, 0.6) is 11.5 Å². The molecule has 5 heteroatoms. The summed E-state index contributed by atoms with van der Waals surface area (Å²) in [5, 5.41) is 0.840. The third-order valence-corrected chi connectivity index (χ3v) is 4.54. The average molecular weight is 322 g/mol. The average Bonchev–Trinajstić information content (AvgIpc) is 2.46. The molecule has 0 aliphatic rings. The second kappa shape index (κ2) is 8.55. The van der Waals surface area contributed by atoms with Crippen LogP contribution in [0, 0.1) is 20.8 Å². The van der Waals surface area contributed by atoms with Crippen molar-refractivity contribution in [3.63, 3.8) is 0 Å². The van der Waals surface area contributed by atoms with Crippen LogP contribution in [0.2, 0.25) is 0 Å². The van der Waals surface area contributed by atoms with Crippen molar-refractivity contribution in [2.24, 2.45) is 0 Å². The Morgan fingerprint density at radius 1 is 0.957 bits per heavy atom. The van der Waals surface area contributed by atoms with Crippen LogP contribution < -0.4 is 33.6 Å². The fourth-order valence-electron chi connectivity index (χ4n) is 2.56. The number of ether oxygens (including phenoxy) is 2. The third-order valence-electron chi connectivity index (χ3n) is 3.50. The van der Waals surface area contributed by atoms with E-state index in [1.165, 1.54) is 5.56 Å². The van der Waals surface area contributed by atoms with E-state index in [1.807, 2.05) is 45.0 Å². The van der Waals surface area contributed by atoms with Crippen LogP contribution in [0.3, 0.4) is 0 Å². The molecule has 2 aromatic rings. The molecule has 0 spiro atoms. The molecule has 0 amide bonds. The standard InChI is InChI=1S/C18H20O3P.Li/c1-11-8-12(2)17(13(3)9-11)18(19)22-16-7-6-14(20-4)10-15(16)21-5;/h6-10H,1-5H3;/q-1;+1. The van der Waals surface area contributed by atoms with Gasteiger partial charge in [0.2, 0.25) is 0 Å².